The number of aromatic nitrogens is 1. The number of nitrogens with one attached hydrogen (secondary N) is 1. The largest absolute Gasteiger partial charge is 0.379 e. The molecule has 0 aliphatic carbocycles. The minimum atomic E-state index is 0. The molecular weight excluding hydrogens is 507 g/mol. The highest BCUT2D eigenvalue weighted by molar-refractivity contribution is 14.0. The van der Waals surface area contributed by atoms with Crippen LogP contribution in [-0.2, 0) is 24.4 Å². The third-order valence-corrected chi connectivity index (χ3v) is 5.81. The number of hydrogen-bond donors (Lipinski definition) is 1. The highest BCUT2D eigenvalue weighted by Gasteiger charge is 2.20. The molecule has 2 aromatic rings. The third kappa shape index (κ3) is 6.90. The second-order valence-electron chi connectivity index (χ2n) is 7.81. The molecule has 2 fully saturated rings. The van der Waals surface area contributed by atoms with Crippen LogP contribution >= 0.6 is 24.0 Å². The van der Waals surface area contributed by atoms with Crippen molar-refractivity contribution < 1.29 is 9.26 Å². The molecule has 1 aromatic carbocycles. The van der Waals surface area contributed by atoms with E-state index in [4.69, 9.17) is 9.26 Å². The molecule has 2 aliphatic rings. The summed E-state index contributed by atoms with van der Waals surface area (Å²) >= 11 is 0. The first-order valence-corrected chi connectivity index (χ1v) is 10.8. The first-order valence-electron chi connectivity index (χ1n) is 10.8. The van der Waals surface area contributed by atoms with Crippen molar-refractivity contribution in [3.05, 3.63) is 53.4 Å². The van der Waals surface area contributed by atoms with Crippen LogP contribution in [0.3, 0.4) is 0 Å². The Hall–Kier alpha value is -1.69. The van der Waals surface area contributed by atoms with E-state index in [0.717, 1.165) is 83.8 Å². The van der Waals surface area contributed by atoms with Gasteiger partial charge in [-0.25, -0.2) is 0 Å². The molecule has 0 amide bonds. The number of nitrogens with zero attached hydrogens (tertiary/aromatic N) is 5. The summed E-state index contributed by atoms with van der Waals surface area (Å²) in [5.41, 5.74) is 3.69. The predicted octanol–water partition coefficient (Wildman–Crippen LogP) is 2.02. The van der Waals surface area contributed by atoms with Gasteiger partial charge in [-0.05, 0) is 11.1 Å². The zero-order chi connectivity index (χ0) is 20.6. The molecule has 0 unspecified atom stereocenters. The fraction of sp³-hybridized carbons (Fsp3) is 0.545. The Kier molecular flexibility index (Phi) is 9.56. The van der Waals surface area contributed by atoms with E-state index in [2.05, 4.69) is 54.4 Å². The van der Waals surface area contributed by atoms with Crippen LogP contribution in [0.25, 0.3) is 0 Å². The van der Waals surface area contributed by atoms with Crippen LogP contribution in [0.5, 0.6) is 0 Å². The molecule has 3 heterocycles. The monoisotopic (exact) mass is 540 g/mol. The number of halogens is 1. The highest BCUT2D eigenvalue weighted by Crippen LogP contribution is 2.14. The number of rotatable bonds is 6. The van der Waals surface area contributed by atoms with Crippen molar-refractivity contribution in [1.29, 1.82) is 0 Å². The zero-order valence-corrected chi connectivity index (χ0v) is 20.5. The predicted molar refractivity (Wildman–Crippen MR) is 132 cm³/mol. The standard InChI is InChI=1S/C22H32N6O2.HI/c1-23-22(28-9-7-26(8-10-28)18-21-6-13-30-25-21)24-16-19-4-2-3-5-20(19)17-27-11-14-29-15-12-27;/h2-6,13H,7-12,14-18H2,1H3,(H,23,24);1H. The Morgan fingerprint density at radius 1 is 0.968 bits per heavy atom. The summed E-state index contributed by atoms with van der Waals surface area (Å²) in [4.78, 5) is 11.7. The van der Waals surface area contributed by atoms with E-state index >= 15 is 0 Å². The van der Waals surface area contributed by atoms with Gasteiger partial charge >= 0.3 is 0 Å². The fourth-order valence-electron chi connectivity index (χ4n) is 4.06. The Morgan fingerprint density at radius 2 is 1.68 bits per heavy atom. The van der Waals surface area contributed by atoms with Crippen LogP contribution in [-0.4, -0.2) is 85.3 Å². The number of guanidine groups is 1. The summed E-state index contributed by atoms with van der Waals surface area (Å²) in [6.45, 7) is 10.1. The number of morpholine rings is 1. The topological polar surface area (TPSA) is 69.4 Å². The molecule has 0 bridgehead atoms. The molecule has 2 saturated heterocycles. The fourth-order valence-corrected chi connectivity index (χ4v) is 4.06. The molecular formula is C22H33IN6O2. The van der Waals surface area contributed by atoms with Crippen LogP contribution in [0.2, 0.25) is 0 Å². The molecule has 4 rings (SSSR count). The maximum atomic E-state index is 5.48. The first-order chi connectivity index (χ1) is 14.8. The summed E-state index contributed by atoms with van der Waals surface area (Å²) in [6, 6.07) is 10.6. The van der Waals surface area contributed by atoms with Gasteiger partial charge in [0.05, 0.1) is 18.9 Å². The summed E-state index contributed by atoms with van der Waals surface area (Å²) in [5, 5.41) is 7.60. The molecule has 2 aliphatic heterocycles. The van der Waals surface area contributed by atoms with Gasteiger partial charge in [-0.3, -0.25) is 14.8 Å². The minimum absolute atomic E-state index is 0. The third-order valence-electron chi connectivity index (χ3n) is 5.81. The average Bonchev–Trinajstić information content (AvgIpc) is 3.30. The second-order valence-corrected chi connectivity index (χ2v) is 7.81. The van der Waals surface area contributed by atoms with Gasteiger partial charge in [0.15, 0.2) is 5.96 Å². The molecule has 31 heavy (non-hydrogen) atoms. The number of piperazine rings is 1. The normalized spacial score (nSPS) is 18.6. The van der Waals surface area contributed by atoms with Gasteiger partial charge in [0, 0.05) is 72.0 Å². The molecule has 0 atom stereocenters. The van der Waals surface area contributed by atoms with Crippen LogP contribution < -0.4 is 5.32 Å². The van der Waals surface area contributed by atoms with Crippen molar-refractivity contribution in [2.75, 3.05) is 59.5 Å². The Bertz CT molecular complexity index is 802. The smallest absolute Gasteiger partial charge is 0.194 e. The summed E-state index contributed by atoms with van der Waals surface area (Å²) in [6.07, 6.45) is 1.63. The summed E-state index contributed by atoms with van der Waals surface area (Å²) in [7, 11) is 1.86. The van der Waals surface area contributed by atoms with Crippen molar-refractivity contribution in [3.8, 4) is 0 Å². The summed E-state index contributed by atoms with van der Waals surface area (Å²) in [5.74, 6) is 0.970. The lowest BCUT2D eigenvalue weighted by molar-refractivity contribution is 0.0341. The SMILES string of the molecule is CN=C(NCc1ccccc1CN1CCOCC1)N1CCN(Cc2ccon2)CC1.I. The van der Waals surface area contributed by atoms with Gasteiger partial charge in [-0.15, -0.1) is 24.0 Å². The van der Waals surface area contributed by atoms with E-state index in [-0.39, 0.29) is 24.0 Å². The zero-order valence-electron chi connectivity index (χ0n) is 18.2. The molecule has 1 N–H and O–H groups in total. The van der Waals surface area contributed by atoms with Crippen LogP contribution in [0.4, 0.5) is 0 Å². The van der Waals surface area contributed by atoms with Gasteiger partial charge < -0.3 is 19.5 Å². The number of aliphatic imine (C=N–C) groups is 1. The molecule has 9 heteroatoms. The number of benzene rings is 1. The van der Waals surface area contributed by atoms with E-state index in [1.54, 1.807) is 6.26 Å². The molecule has 0 radical (unpaired) electrons. The van der Waals surface area contributed by atoms with E-state index < -0.39 is 0 Å². The van der Waals surface area contributed by atoms with Crippen molar-refractivity contribution in [2.24, 2.45) is 4.99 Å². The molecule has 0 saturated carbocycles. The van der Waals surface area contributed by atoms with Crippen molar-refractivity contribution in [1.82, 2.24) is 25.2 Å². The average molecular weight is 540 g/mol. The van der Waals surface area contributed by atoms with Gasteiger partial charge in [-0.2, -0.15) is 0 Å². The Balaban J connectivity index is 0.00000272. The lowest BCUT2D eigenvalue weighted by Gasteiger charge is -2.36. The summed E-state index contributed by atoms with van der Waals surface area (Å²) < 4.78 is 10.4. The first kappa shape index (κ1) is 24.0. The van der Waals surface area contributed by atoms with E-state index in [1.807, 2.05) is 13.1 Å². The van der Waals surface area contributed by atoms with Crippen molar-refractivity contribution in [3.63, 3.8) is 0 Å². The van der Waals surface area contributed by atoms with Crippen molar-refractivity contribution in [2.45, 2.75) is 19.6 Å². The number of hydrogen-bond acceptors (Lipinski definition) is 6. The van der Waals surface area contributed by atoms with Gasteiger partial charge in [0.2, 0.25) is 0 Å². The molecule has 170 valence electrons. The lowest BCUT2D eigenvalue weighted by atomic mass is 10.1. The van der Waals surface area contributed by atoms with E-state index in [0.29, 0.717) is 0 Å². The van der Waals surface area contributed by atoms with E-state index in [9.17, 15) is 0 Å². The number of ether oxygens (including phenoxy) is 1. The molecule has 0 spiro atoms. The quantitative estimate of drug-likeness (QED) is 0.342. The maximum Gasteiger partial charge on any atom is 0.194 e. The van der Waals surface area contributed by atoms with Gasteiger partial charge in [-0.1, -0.05) is 29.4 Å². The van der Waals surface area contributed by atoms with Crippen molar-refractivity contribution >= 4 is 29.9 Å². The lowest BCUT2D eigenvalue weighted by Crippen LogP contribution is -2.52. The van der Waals surface area contributed by atoms with Crippen LogP contribution in [0.1, 0.15) is 16.8 Å². The van der Waals surface area contributed by atoms with E-state index in [1.165, 1.54) is 11.1 Å². The van der Waals surface area contributed by atoms with Crippen LogP contribution in [0, 0.1) is 0 Å². The Morgan fingerprint density at radius 3 is 2.35 bits per heavy atom. The Labute approximate surface area is 201 Å². The maximum absolute atomic E-state index is 5.48. The van der Waals surface area contributed by atoms with Gasteiger partial charge in [0.1, 0.15) is 6.26 Å². The molecule has 1 aromatic heterocycles. The van der Waals surface area contributed by atoms with Gasteiger partial charge in [0.25, 0.3) is 0 Å². The minimum Gasteiger partial charge on any atom is -0.379 e. The second kappa shape index (κ2) is 12.4. The highest BCUT2D eigenvalue weighted by atomic mass is 127. The van der Waals surface area contributed by atoms with Crippen LogP contribution in [0.15, 0.2) is 46.1 Å². The molecule has 8 nitrogen and oxygen atoms in total.